The van der Waals surface area contributed by atoms with E-state index in [1.165, 1.54) is 11.8 Å². The molecule has 0 unspecified atom stereocenters. The predicted octanol–water partition coefficient (Wildman–Crippen LogP) is -0.922. The lowest BCUT2D eigenvalue weighted by Crippen LogP contribution is -2.34. The first-order valence-electron chi connectivity index (χ1n) is 3.48. The first kappa shape index (κ1) is 8.20. The molecule has 1 radical (unpaired) electrons. The van der Waals surface area contributed by atoms with Crippen molar-refractivity contribution in [3.05, 3.63) is 0 Å². The summed E-state index contributed by atoms with van der Waals surface area (Å²) in [5.41, 5.74) is 0. The van der Waals surface area contributed by atoms with Crippen LogP contribution < -0.4 is 0 Å². The number of carbonyl (C=O) groups excluding carboxylic acids is 2. The average molecular weight is 156 g/mol. The van der Waals surface area contributed by atoms with Crippen molar-refractivity contribution in [2.24, 2.45) is 0 Å². The smallest absolute Gasteiger partial charge is 0.223 e. The molecule has 11 heavy (non-hydrogen) atoms. The van der Waals surface area contributed by atoms with E-state index in [4.69, 9.17) is 5.11 Å². The minimum Gasteiger partial charge on any atom is -0.391 e. The van der Waals surface area contributed by atoms with E-state index in [0.29, 0.717) is 6.42 Å². The van der Waals surface area contributed by atoms with Gasteiger partial charge in [-0.3, -0.25) is 9.59 Å². The minimum absolute atomic E-state index is 0.185. The molecule has 1 heterocycles. The topological polar surface area (TPSA) is 57.6 Å². The van der Waals surface area contributed by atoms with E-state index in [1.807, 2.05) is 0 Å². The zero-order valence-corrected chi connectivity index (χ0v) is 6.28. The van der Waals surface area contributed by atoms with Crippen LogP contribution in [0.1, 0.15) is 13.3 Å². The molecule has 1 aliphatic heterocycles. The Morgan fingerprint density at radius 2 is 2.36 bits per heavy atom. The van der Waals surface area contributed by atoms with Crippen LogP contribution in [0, 0.1) is 0 Å². The molecular formula is C7H10NO3. The van der Waals surface area contributed by atoms with Gasteiger partial charge in [-0.15, -0.1) is 0 Å². The van der Waals surface area contributed by atoms with E-state index in [2.05, 4.69) is 0 Å². The fourth-order valence-corrected chi connectivity index (χ4v) is 1.27. The van der Waals surface area contributed by atoms with E-state index in [9.17, 15) is 9.59 Å². The molecule has 1 aliphatic rings. The number of carbonyl (C=O) groups is 1. The molecule has 0 saturated carbocycles. The maximum Gasteiger partial charge on any atom is 0.223 e. The first-order chi connectivity index (χ1) is 5.15. The molecule has 0 aromatic rings. The summed E-state index contributed by atoms with van der Waals surface area (Å²) in [5, 5.41) is 9.08. The summed E-state index contributed by atoms with van der Waals surface area (Å²) in [6.45, 7) is 1.64. The third kappa shape index (κ3) is 1.57. The van der Waals surface area contributed by atoms with E-state index in [1.54, 1.807) is 6.29 Å². The van der Waals surface area contributed by atoms with Crippen LogP contribution in [0.2, 0.25) is 0 Å². The van der Waals surface area contributed by atoms with Gasteiger partial charge in [-0.05, 0) is 0 Å². The molecule has 0 spiro atoms. The molecule has 2 atom stereocenters. The fourth-order valence-electron chi connectivity index (χ4n) is 1.27. The standard InChI is InChI=1S/C7H10NO3/c1-5(10)8-3-7(11)2-6(8)4-9/h6-7,11H,2-3H2,1H3/t6-,7+/m0/s1. The maximum absolute atomic E-state index is 10.8. The highest BCUT2D eigenvalue weighted by Gasteiger charge is 2.32. The van der Waals surface area contributed by atoms with Crippen molar-refractivity contribution in [1.29, 1.82) is 0 Å². The van der Waals surface area contributed by atoms with Gasteiger partial charge in [0.05, 0.1) is 6.10 Å². The first-order valence-corrected chi connectivity index (χ1v) is 3.48. The second-order valence-corrected chi connectivity index (χ2v) is 2.69. The summed E-state index contributed by atoms with van der Waals surface area (Å²) in [7, 11) is 0. The molecule has 1 saturated heterocycles. The fraction of sp³-hybridized carbons (Fsp3) is 0.714. The zero-order valence-electron chi connectivity index (χ0n) is 6.28. The van der Waals surface area contributed by atoms with Crippen molar-refractivity contribution in [2.45, 2.75) is 25.5 Å². The van der Waals surface area contributed by atoms with Gasteiger partial charge in [-0.1, -0.05) is 0 Å². The molecule has 4 nitrogen and oxygen atoms in total. The summed E-state index contributed by atoms with van der Waals surface area (Å²) >= 11 is 0. The van der Waals surface area contributed by atoms with E-state index >= 15 is 0 Å². The third-order valence-corrected chi connectivity index (χ3v) is 1.82. The molecule has 0 bridgehead atoms. The molecule has 1 rings (SSSR count). The number of hydrogen-bond donors (Lipinski definition) is 1. The monoisotopic (exact) mass is 156 g/mol. The number of amides is 1. The Hall–Kier alpha value is -0.900. The van der Waals surface area contributed by atoms with Crippen LogP contribution in [0.4, 0.5) is 0 Å². The molecule has 1 amide bonds. The molecule has 1 N–H and O–H groups in total. The van der Waals surface area contributed by atoms with Crippen LogP contribution in [0.15, 0.2) is 0 Å². The van der Waals surface area contributed by atoms with E-state index < -0.39 is 12.1 Å². The Labute approximate surface area is 64.8 Å². The SMILES string of the molecule is CC(=O)N1C[C@H](O)C[C@H]1[C]=O. The number of aliphatic hydroxyl groups excluding tert-OH is 1. The Bertz CT molecular complexity index is 181. The lowest BCUT2D eigenvalue weighted by Gasteiger charge is -2.16. The van der Waals surface area contributed by atoms with Crippen molar-refractivity contribution >= 4 is 12.2 Å². The van der Waals surface area contributed by atoms with Crippen LogP contribution in [0.25, 0.3) is 0 Å². The van der Waals surface area contributed by atoms with Crippen LogP contribution in [0.3, 0.4) is 0 Å². The van der Waals surface area contributed by atoms with E-state index in [0.717, 1.165) is 0 Å². The van der Waals surface area contributed by atoms with Crippen molar-refractivity contribution in [2.75, 3.05) is 6.54 Å². The number of β-amino-alcohol motifs (C(OH)–C–C–N with tert-alkyl or cyclic N) is 1. The van der Waals surface area contributed by atoms with Gasteiger partial charge in [0.15, 0.2) is 0 Å². The van der Waals surface area contributed by atoms with E-state index in [-0.39, 0.29) is 12.5 Å². The van der Waals surface area contributed by atoms with Gasteiger partial charge in [-0.25, -0.2) is 0 Å². The van der Waals surface area contributed by atoms with Crippen LogP contribution in [-0.2, 0) is 9.59 Å². The molecular weight excluding hydrogens is 146 g/mol. The number of aliphatic hydroxyl groups is 1. The molecule has 4 heteroatoms. The largest absolute Gasteiger partial charge is 0.391 e. The van der Waals surface area contributed by atoms with Crippen LogP contribution in [0.5, 0.6) is 0 Å². The van der Waals surface area contributed by atoms with Crippen molar-refractivity contribution in [3.8, 4) is 0 Å². The normalized spacial score (nSPS) is 30.5. The highest BCUT2D eigenvalue weighted by molar-refractivity contribution is 5.78. The van der Waals surface area contributed by atoms with Gasteiger partial charge >= 0.3 is 0 Å². The number of rotatable bonds is 1. The molecule has 1 fully saturated rings. The Morgan fingerprint density at radius 1 is 1.73 bits per heavy atom. The van der Waals surface area contributed by atoms with Gasteiger partial charge in [-0.2, -0.15) is 0 Å². The van der Waals surface area contributed by atoms with Gasteiger partial charge in [0.1, 0.15) is 6.04 Å². The van der Waals surface area contributed by atoms with Crippen LogP contribution >= 0.6 is 0 Å². The highest BCUT2D eigenvalue weighted by Crippen LogP contribution is 2.15. The van der Waals surface area contributed by atoms with Crippen molar-refractivity contribution in [1.82, 2.24) is 4.90 Å². The molecule has 0 aliphatic carbocycles. The molecule has 61 valence electrons. The molecule has 0 aromatic carbocycles. The Balaban J connectivity index is 2.64. The predicted molar refractivity (Wildman–Crippen MR) is 37.5 cm³/mol. The second-order valence-electron chi connectivity index (χ2n) is 2.69. The average Bonchev–Trinajstić information content (AvgIpc) is 2.30. The highest BCUT2D eigenvalue weighted by atomic mass is 16.3. The zero-order chi connectivity index (χ0) is 8.43. The summed E-state index contributed by atoms with van der Waals surface area (Å²) in [4.78, 5) is 22.4. The van der Waals surface area contributed by atoms with Crippen LogP contribution in [-0.4, -0.2) is 40.9 Å². The van der Waals surface area contributed by atoms with Crippen molar-refractivity contribution < 1.29 is 14.7 Å². The van der Waals surface area contributed by atoms with Gasteiger partial charge in [0.25, 0.3) is 0 Å². The summed E-state index contributed by atoms with van der Waals surface area (Å²) in [6, 6.07) is -0.539. The minimum atomic E-state index is -0.564. The lowest BCUT2D eigenvalue weighted by molar-refractivity contribution is -0.128. The number of hydrogen-bond acceptors (Lipinski definition) is 3. The van der Waals surface area contributed by atoms with Gasteiger partial charge < -0.3 is 10.0 Å². The maximum atomic E-state index is 10.8. The number of nitrogens with zero attached hydrogens (tertiary/aromatic N) is 1. The van der Waals surface area contributed by atoms with Gasteiger partial charge in [0, 0.05) is 19.9 Å². The summed E-state index contributed by atoms with van der Waals surface area (Å²) in [6.07, 6.45) is 1.48. The third-order valence-electron chi connectivity index (χ3n) is 1.82. The second kappa shape index (κ2) is 3.00. The Morgan fingerprint density at radius 3 is 2.73 bits per heavy atom. The quantitative estimate of drug-likeness (QED) is 0.534. The molecule has 0 aromatic heterocycles. The van der Waals surface area contributed by atoms with Crippen molar-refractivity contribution in [3.63, 3.8) is 0 Å². The summed E-state index contributed by atoms with van der Waals surface area (Å²) in [5.74, 6) is -0.185. The lowest BCUT2D eigenvalue weighted by atomic mass is 10.2. The van der Waals surface area contributed by atoms with Gasteiger partial charge in [0.2, 0.25) is 12.2 Å². The number of likely N-dealkylation sites (tertiary alicyclic amines) is 1. The Kier molecular flexibility index (Phi) is 2.24. The summed E-state index contributed by atoms with van der Waals surface area (Å²) < 4.78 is 0.